The Bertz CT molecular complexity index is 815. The Kier molecular flexibility index (Phi) is 6.03. The van der Waals surface area contributed by atoms with E-state index in [9.17, 15) is 19.5 Å². The summed E-state index contributed by atoms with van der Waals surface area (Å²) in [5, 5.41) is 12.3. The van der Waals surface area contributed by atoms with E-state index in [-0.39, 0.29) is 23.1 Å². The maximum atomic E-state index is 12.9. The summed E-state index contributed by atoms with van der Waals surface area (Å²) in [6, 6.07) is 2.38. The number of barbiturate groups is 1. The number of halogens is 1. The molecule has 2 fully saturated rings. The zero-order valence-corrected chi connectivity index (χ0v) is 17.1. The largest absolute Gasteiger partial charge is 0.504 e. The molecule has 7 nitrogen and oxygen atoms in total. The number of nitrogens with one attached hydrogen (secondary N) is 1. The maximum absolute atomic E-state index is 12.9. The van der Waals surface area contributed by atoms with Crippen LogP contribution in [0.1, 0.15) is 44.6 Å². The third-order valence-corrected chi connectivity index (χ3v) is 5.56. The van der Waals surface area contributed by atoms with Gasteiger partial charge < -0.3 is 9.84 Å². The highest BCUT2D eigenvalue weighted by atomic mass is 127. The van der Waals surface area contributed by atoms with Crippen molar-refractivity contribution < 1.29 is 24.2 Å². The third kappa shape index (κ3) is 4.10. The summed E-state index contributed by atoms with van der Waals surface area (Å²) >= 11 is 1.95. The molecule has 0 radical (unpaired) electrons. The van der Waals surface area contributed by atoms with E-state index in [0.717, 1.165) is 32.1 Å². The molecule has 0 spiro atoms. The van der Waals surface area contributed by atoms with Gasteiger partial charge in [-0.15, -0.1) is 0 Å². The number of rotatable bonds is 4. The molecule has 27 heavy (non-hydrogen) atoms. The van der Waals surface area contributed by atoms with E-state index >= 15 is 0 Å². The van der Waals surface area contributed by atoms with Gasteiger partial charge in [-0.25, -0.2) is 4.79 Å². The second kappa shape index (κ2) is 8.28. The van der Waals surface area contributed by atoms with Crippen LogP contribution < -0.4 is 10.1 Å². The molecule has 1 heterocycles. The van der Waals surface area contributed by atoms with Gasteiger partial charge in [-0.1, -0.05) is 19.3 Å². The number of aromatic hydroxyl groups is 1. The van der Waals surface area contributed by atoms with Crippen molar-refractivity contribution in [1.29, 1.82) is 0 Å². The first-order valence-corrected chi connectivity index (χ1v) is 10.1. The lowest BCUT2D eigenvalue weighted by molar-refractivity contribution is -0.132. The first kappa shape index (κ1) is 19.7. The van der Waals surface area contributed by atoms with Crippen LogP contribution in [0.3, 0.4) is 0 Å². The van der Waals surface area contributed by atoms with Gasteiger partial charge in [0.2, 0.25) is 0 Å². The van der Waals surface area contributed by atoms with Crippen molar-refractivity contribution in [2.24, 2.45) is 0 Å². The fourth-order valence-corrected chi connectivity index (χ4v) is 4.08. The molecule has 144 valence electrons. The van der Waals surface area contributed by atoms with E-state index in [0.29, 0.717) is 15.7 Å². The van der Waals surface area contributed by atoms with Crippen LogP contribution in [0.2, 0.25) is 0 Å². The van der Waals surface area contributed by atoms with E-state index in [4.69, 9.17) is 4.74 Å². The highest BCUT2D eigenvalue weighted by molar-refractivity contribution is 14.1. The highest BCUT2D eigenvalue weighted by Crippen LogP contribution is 2.34. The molecule has 3 rings (SSSR count). The number of hydrogen-bond acceptors (Lipinski definition) is 5. The Labute approximate surface area is 170 Å². The zero-order chi connectivity index (χ0) is 19.6. The molecule has 2 aliphatic rings. The van der Waals surface area contributed by atoms with Crippen molar-refractivity contribution in [2.45, 2.75) is 45.1 Å². The molecule has 1 aliphatic heterocycles. The second-order valence-electron chi connectivity index (χ2n) is 6.57. The predicted octanol–water partition coefficient (Wildman–Crippen LogP) is 3.19. The molecular weight excluding hydrogens is 463 g/mol. The van der Waals surface area contributed by atoms with E-state index in [2.05, 4.69) is 5.32 Å². The Morgan fingerprint density at radius 3 is 2.63 bits per heavy atom. The Morgan fingerprint density at radius 2 is 1.96 bits per heavy atom. The smallest absolute Gasteiger partial charge is 0.331 e. The van der Waals surface area contributed by atoms with Gasteiger partial charge in [-0.05, 0) is 66.1 Å². The van der Waals surface area contributed by atoms with Crippen molar-refractivity contribution in [3.63, 3.8) is 0 Å². The summed E-state index contributed by atoms with van der Waals surface area (Å²) in [5.74, 6) is -0.993. The normalized spacial score (nSPS) is 20.1. The minimum atomic E-state index is -0.710. The lowest BCUT2D eigenvalue weighted by atomic mass is 9.93. The van der Waals surface area contributed by atoms with Gasteiger partial charge in [-0.3, -0.25) is 19.8 Å². The van der Waals surface area contributed by atoms with E-state index in [1.54, 1.807) is 19.1 Å². The molecule has 8 heteroatoms. The van der Waals surface area contributed by atoms with E-state index in [1.165, 1.54) is 11.0 Å². The maximum Gasteiger partial charge on any atom is 0.331 e. The number of carbonyl (C=O) groups excluding carboxylic acids is 3. The Morgan fingerprint density at radius 1 is 1.26 bits per heavy atom. The first-order chi connectivity index (χ1) is 12.9. The minimum Gasteiger partial charge on any atom is -0.504 e. The monoisotopic (exact) mass is 484 g/mol. The molecule has 0 aromatic heterocycles. The van der Waals surface area contributed by atoms with Gasteiger partial charge in [0.05, 0.1) is 10.2 Å². The standard InChI is InChI=1S/C19H21IN2O5/c1-2-27-15-10-11(9-14(20)16(15)23)8-13-17(24)21-19(26)22(18(13)25)12-6-4-3-5-7-12/h8-10,12,23H,2-7H2,1H3,(H,21,24,26). The molecule has 0 unspecified atom stereocenters. The number of benzene rings is 1. The van der Waals surface area contributed by atoms with Crippen molar-refractivity contribution in [3.05, 3.63) is 26.8 Å². The van der Waals surface area contributed by atoms with Gasteiger partial charge >= 0.3 is 6.03 Å². The SMILES string of the molecule is CCOc1cc(C=C2C(=O)NC(=O)N(C3CCCCC3)C2=O)cc(I)c1O. The van der Waals surface area contributed by atoms with E-state index in [1.807, 2.05) is 22.6 Å². The van der Waals surface area contributed by atoms with Crippen molar-refractivity contribution in [2.75, 3.05) is 6.61 Å². The van der Waals surface area contributed by atoms with Gasteiger partial charge in [0, 0.05) is 6.04 Å². The lowest BCUT2D eigenvalue weighted by Crippen LogP contribution is -2.58. The van der Waals surface area contributed by atoms with E-state index < -0.39 is 17.8 Å². The van der Waals surface area contributed by atoms with Crippen LogP contribution in [0.4, 0.5) is 4.79 Å². The molecule has 1 saturated heterocycles. The molecule has 0 atom stereocenters. The minimum absolute atomic E-state index is 0.0121. The number of amides is 4. The lowest BCUT2D eigenvalue weighted by Gasteiger charge is -2.35. The Balaban J connectivity index is 1.95. The second-order valence-corrected chi connectivity index (χ2v) is 7.73. The molecule has 1 aliphatic carbocycles. The summed E-state index contributed by atoms with van der Waals surface area (Å²) in [6.45, 7) is 2.16. The molecular formula is C19H21IN2O5. The molecule has 1 aromatic rings. The van der Waals surface area contributed by atoms with Gasteiger partial charge in [0.1, 0.15) is 5.57 Å². The van der Waals surface area contributed by atoms with Crippen molar-refractivity contribution >= 4 is 46.5 Å². The molecule has 2 N–H and O–H groups in total. The summed E-state index contributed by atoms with van der Waals surface area (Å²) in [6.07, 6.45) is 5.96. The fraction of sp³-hybridized carbons (Fsp3) is 0.421. The van der Waals surface area contributed by atoms with Crippen LogP contribution in [0.15, 0.2) is 17.7 Å². The van der Waals surface area contributed by atoms with Crippen LogP contribution in [0, 0.1) is 3.57 Å². The van der Waals surface area contributed by atoms with Crippen molar-refractivity contribution in [1.82, 2.24) is 10.2 Å². The summed E-state index contributed by atoms with van der Waals surface area (Å²) in [5.41, 5.74) is 0.446. The van der Waals surface area contributed by atoms with Crippen LogP contribution in [-0.4, -0.2) is 40.5 Å². The number of phenols is 1. The zero-order valence-electron chi connectivity index (χ0n) is 15.0. The third-order valence-electron chi connectivity index (χ3n) is 4.73. The summed E-state index contributed by atoms with van der Waals surface area (Å²) in [7, 11) is 0. The highest BCUT2D eigenvalue weighted by Gasteiger charge is 2.40. The van der Waals surface area contributed by atoms with Crippen LogP contribution in [-0.2, 0) is 9.59 Å². The van der Waals surface area contributed by atoms with Crippen molar-refractivity contribution in [3.8, 4) is 11.5 Å². The number of imide groups is 2. The number of urea groups is 1. The van der Waals surface area contributed by atoms with Gasteiger partial charge in [-0.2, -0.15) is 0 Å². The number of carbonyl (C=O) groups is 3. The number of nitrogens with zero attached hydrogens (tertiary/aromatic N) is 1. The molecule has 1 saturated carbocycles. The summed E-state index contributed by atoms with van der Waals surface area (Å²) < 4.78 is 5.94. The summed E-state index contributed by atoms with van der Waals surface area (Å²) in [4.78, 5) is 38.6. The first-order valence-electron chi connectivity index (χ1n) is 8.98. The topological polar surface area (TPSA) is 95.9 Å². The number of ether oxygens (including phenoxy) is 1. The average molecular weight is 484 g/mol. The van der Waals surface area contributed by atoms with Crippen LogP contribution in [0.5, 0.6) is 11.5 Å². The van der Waals surface area contributed by atoms with Gasteiger partial charge in [0.25, 0.3) is 11.8 Å². The van der Waals surface area contributed by atoms with Crippen LogP contribution >= 0.6 is 22.6 Å². The average Bonchev–Trinajstić information content (AvgIpc) is 2.63. The number of hydrogen-bond donors (Lipinski definition) is 2. The number of phenolic OH excluding ortho intramolecular Hbond substituents is 1. The van der Waals surface area contributed by atoms with Crippen LogP contribution in [0.25, 0.3) is 6.08 Å². The molecule has 0 bridgehead atoms. The quantitative estimate of drug-likeness (QED) is 0.389. The van der Waals surface area contributed by atoms with Gasteiger partial charge in [0.15, 0.2) is 11.5 Å². The molecule has 4 amide bonds. The molecule has 1 aromatic carbocycles. The fourth-order valence-electron chi connectivity index (χ4n) is 3.45. The predicted molar refractivity (Wildman–Crippen MR) is 107 cm³/mol. The Hall–Kier alpha value is -2.10.